The van der Waals surface area contributed by atoms with Crippen molar-refractivity contribution in [1.29, 1.82) is 0 Å². The molecule has 0 bridgehead atoms. The molecule has 0 atom stereocenters. The maximum Gasteiger partial charge on any atom is 0.194 e. The first-order valence-electron chi connectivity index (χ1n) is 8.82. The minimum Gasteiger partial charge on any atom is -0.359 e. The maximum absolute atomic E-state index is 5.32. The quantitative estimate of drug-likeness (QED) is 0.411. The van der Waals surface area contributed by atoms with E-state index >= 15 is 0 Å². The third kappa shape index (κ3) is 6.58. The van der Waals surface area contributed by atoms with Gasteiger partial charge in [-0.15, -0.1) is 24.0 Å². The number of aromatic nitrogens is 1. The van der Waals surface area contributed by atoms with Crippen LogP contribution in [0.15, 0.2) is 15.6 Å². The normalized spacial score (nSPS) is 16.4. The van der Waals surface area contributed by atoms with Crippen molar-refractivity contribution in [2.45, 2.75) is 40.7 Å². The molecule has 1 aliphatic rings. The van der Waals surface area contributed by atoms with Crippen LogP contribution in [0.1, 0.15) is 39.1 Å². The molecule has 0 spiro atoms. The second-order valence-electron chi connectivity index (χ2n) is 6.49. The van der Waals surface area contributed by atoms with Crippen LogP contribution < -0.4 is 5.32 Å². The Morgan fingerprint density at radius 3 is 2.54 bits per heavy atom. The summed E-state index contributed by atoms with van der Waals surface area (Å²) in [5.74, 6) is 2.53. The van der Waals surface area contributed by atoms with E-state index in [0.717, 1.165) is 62.5 Å². The summed E-state index contributed by atoms with van der Waals surface area (Å²) < 4.78 is 5.32. The van der Waals surface area contributed by atoms with Gasteiger partial charge in [0.1, 0.15) is 6.54 Å². The fourth-order valence-electron chi connectivity index (χ4n) is 2.83. The van der Waals surface area contributed by atoms with Crippen molar-refractivity contribution in [3.05, 3.63) is 17.5 Å². The molecular weight excluding hydrogens is 417 g/mol. The van der Waals surface area contributed by atoms with E-state index in [4.69, 9.17) is 9.52 Å². The topological polar surface area (TPSA) is 56.9 Å². The number of hydrogen-bond donors (Lipinski definition) is 1. The Hall–Kier alpha value is -0.830. The lowest BCUT2D eigenvalue weighted by Gasteiger charge is -2.37. The van der Waals surface area contributed by atoms with Crippen molar-refractivity contribution < 1.29 is 4.52 Å². The molecule has 0 amide bonds. The van der Waals surface area contributed by atoms with E-state index in [-0.39, 0.29) is 24.0 Å². The van der Waals surface area contributed by atoms with E-state index < -0.39 is 0 Å². The van der Waals surface area contributed by atoms with Gasteiger partial charge in [-0.2, -0.15) is 0 Å². The molecule has 24 heavy (non-hydrogen) atoms. The van der Waals surface area contributed by atoms with Gasteiger partial charge < -0.3 is 14.7 Å². The van der Waals surface area contributed by atoms with Gasteiger partial charge in [-0.1, -0.05) is 25.9 Å². The SMILES string of the molecule is CCNC(=NCc1cc(CC)no1)N1CCN(CC(C)C)CC1.I. The van der Waals surface area contributed by atoms with Gasteiger partial charge >= 0.3 is 0 Å². The van der Waals surface area contributed by atoms with Gasteiger partial charge in [0.2, 0.25) is 0 Å². The Kier molecular flexibility index (Phi) is 9.65. The fourth-order valence-corrected chi connectivity index (χ4v) is 2.83. The standard InChI is InChI=1S/C17H31N5O.HI/c1-5-15-11-16(23-20-15)12-19-17(18-6-2)22-9-7-21(8-10-22)13-14(3)4;/h11,14H,5-10,12-13H2,1-4H3,(H,18,19);1H. The molecule has 0 saturated carbocycles. The lowest BCUT2D eigenvalue weighted by molar-refractivity contribution is 0.164. The average Bonchev–Trinajstić information content (AvgIpc) is 3.00. The first kappa shape index (κ1) is 21.2. The molecule has 6 nitrogen and oxygen atoms in total. The van der Waals surface area contributed by atoms with Gasteiger partial charge in [-0.05, 0) is 19.3 Å². The number of piperazine rings is 1. The summed E-state index contributed by atoms with van der Waals surface area (Å²) in [6.45, 7) is 15.6. The Balaban J connectivity index is 0.00000288. The summed E-state index contributed by atoms with van der Waals surface area (Å²) in [7, 11) is 0. The highest BCUT2D eigenvalue weighted by atomic mass is 127. The van der Waals surface area contributed by atoms with Crippen molar-refractivity contribution >= 4 is 29.9 Å². The molecule has 7 heteroatoms. The van der Waals surface area contributed by atoms with E-state index in [1.165, 1.54) is 6.54 Å². The van der Waals surface area contributed by atoms with Gasteiger partial charge in [-0.3, -0.25) is 4.90 Å². The average molecular weight is 449 g/mol. The Bertz CT molecular complexity index is 495. The number of aryl methyl sites for hydroxylation is 1. The zero-order chi connectivity index (χ0) is 16.7. The summed E-state index contributed by atoms with van der Waals surface area (Å²) in [6, 6.07) is 1.99. The molecule has 2 rings (SSSR count). The van der Waals surface area contributed by atoms with Crippen LogP contribution in [0.4, 0.5) is 0 Å². The Labute approximate surface area is 163 Å². The van der Waals surface area contributed by atoms with Crippen molar-refractivity contribution in [3.8, 4) is 0 Å². The molecule has 1 aromatic rings. The fraction of sp³-hybridized carbons (Fsp3) is 0.765. The number of nitrogens with one attached hydrogen (secondary N) is 1. The first-order valence-corrected chi connectivity index (χ1v) is 8.82. The van der Waals surface area contributed by atoms with Crippen LogP contribution in [-0.4, -0.2) is 60.2 Å². The predicted molar refractivity (Wildman–Crippen MR) is 109 cm³/mol. The zero-order valence-corrected chi connectivity index (χ0v) is 17.7. The second kappa shape index (κ2) is 10.9. The van der Waals surface area contributed by atoms with Crippen LogP contribution in [0.25, 0.3) is 0 Å². The van der Waals surface area contributed by atoms with Crippen LogP contribution in [0, 0.1) is 5.92 Å². The summed E-state index contributed by atoms with van der Waals surface area (Å²) >= 11 is 0. The number of hydrogen-bond acceptors (Lipinski definition) is 4. The minimum atomic E-state index is 0. The molecule has 2 heterocycles. The van der Waals surface area contributed by atoms with Crippen molar-refractivity contribution in [2.24, 2.45) is 10.9 Å². The molecule has 138 valence electrons. The number of rotatable bonds is 6. The van der Waals surface area contributed by atoms with Crippen molar-refractivity contribution in [3.63, 3.8) is 0 Å². The first-order chi connectivity index (χ1) is 11.1. The molecule has 0 radical (unpaired) electrons. The van der Waals surface area contributed by atoms with Gasteiger partial charge in [0.25, 0.3) is 0 Å². The minimum absolute atomic E-state index is 0. The molecule has 1 N–H and O–H groups in total. The van der Waals surface area contributed by atoms with Crippen LogP contribution in [0.3, 0.4) is 0 Å². The van der Waals surface area contributed by atoms with E-state index in [2.05, 4.69) is 48.0 Å². The van der Waals surface area contributed by atoms with Gasteiger partial charge in [0.15, 0.2) is 11.7 Å². The van der Waals surface area contributed by atoms with Crippen LogP contribution >= 0.6 is 24.0 Å². The molecule has 1 aromatic heterocycles. The number of nitrogens with zero attached hydrogens (tertiary/aromatic N) is 4. The monoisotopic (exact) mass is 449 g/mol. The molecular formula is C17H32IN5O. The summed E-state index contributed by atoms with van der Waals surface area (Å²) in [4.78, 5) is 9.60. The largest absolute Gasteiger partial charge is 0.359 e. The van der Waals surface area contributed by atoms with Gasteiger partial charge in [0, 0.05) is 45.3 Å². The molecule has 0 aromatic carbocycles. The van der Waals surface area contributed by atoms with Crippen molar-refractivity contribution in [1.82, 2.24) is 20.3 Å². The molecule has 0 unspecified atom stereocenters. The highest BCUT2D eigenvalue weighted by Gasteiger charge is 2.20. The highest BCUT2D eigenvalue weighted by molar-refractivity contribution is 14.0. The van der Waals surface area contributed by atoms with E-state index in [0.29, 0.717) is 6.54 Å². The van der Waals surface area contributed by atoms with E-state index in [1.54, 1.807) is 0 Å². The van der Waals surface area contributed by atoms with Crippen LogP contribution in [0.2, 0.25) is 0 Å². The number of halogens is 1. The highest BCUT2D eigenvalue weighted by Crippen LogP contribution is 2.08. The third-order valence-corrected chi connectivity index (χ3v) is 3.98. The summed E-state index contributed by atoms with van der Waals surface area (Å²) in [5.41, 5.74) is 0.988. The van der Waals surface area contributed by atoms with Crippen LogP contribution in [-0.2, 0) is 13.0 Å². The maximum atomic E-state index is 5.32. The molecule has 1 aliphatic heterocycles. The summed E-state index contributed by atoms with van der Waals surface area (Å²) in [6.07, 6.45) is 0.894. The molecule has 1 saturated heterocycles. The van der Waals surface area contributed by atoms with E-state index in [1.807, 2.05) is 6.07 Å². The van der Waals surface area contributed by atoms with Crippen molar-refractivity contribution in [2.75, 3.05) is 39.3 Å². The van der Waals surface area contributed by atoms with E-state index in [9.17, 15) is 0 Å². The third-order valence-electron chi connectivity index (χ3n) is 3.98. The zero-order valence-electron chi connectivity index (χ0n) is 15.4. The molecule has 1 fully saturated rings. The van der Waals surface area contributed by atoms with Gasteiger partial charge in [-0.25, -0.2) is 4.99 Å². The lowest BCUT2D eigenvalue weighted by Crippen LogP contribution is -2.53. The van der Waals surface area contributed by atoms with Crippen LogP contribution in [0.5, 0.6) is 0 Å². The number of guanidine groups is 1. The predicted octanol–water partition coefficient (Wildman–Crippen LogP) is 2.59. The molecule has 0 aliphatic carbocycles. The van der Waals surface area contributed by atoms with Gasteiger partial charge in [0.05, 0.1) is 5.69 Å². The number of aliphatic imine (C=N–C) groups is 1. The lowest BCUT2D eigenvalue weighted by atomic mass is 10.2. The smallest absolute Gasteiger partial charge is 0.194 e. The Morgan fingerprint density at radius 2 is 2.00 bits per heavy atom. The Morgan fingerprint density at radius 1 is 1.29 bits per heavy atom. The second-order valence-corrected chi connectivity index (χ2v) is 6.49. The summed E-state index contributed by atoms with van der Waals surface area (Å²) in [5, 5.41) is 7.42.